The smallest absolute Gasteiger partial charge is 0.380 e. The lowest BCUT2D eigenvalue weighted by Crippen LogP contribution is -2.48. The summed E-state index contributed by atoms with van der Waals surface area (Å²) in [4.78, 5) is 23.6. The first-order valence-corrected chi connectivity index (χ1v) is 11.9. The number of carbonyl (C=O) groups excluding carboxylic acids is 2. The minimum Gasteiger partial charge on any atom is -0.457 e. The number of halogens is 6. The van der Waals surface area contributed by atoms with Crippen molar-refractivity contribution in [2.24, 2.45) is 0 Å². The number of thiophene rings is 2. The molecule has 0 radical (unpaired) electrons. The number of alkyl halides is 6. The van der Waals surface area contributed by atoms with Gasteiger partial charge in [0.05, 0.1) is 0 Å². The minimum absolute atomic E-state index is 0.0582. The Bertz CT molecular complexity index is 1290. The van der Waals surface area contributed by atoms with Crippen molar-refractivity contribution in [3.63, 3.8) is 0 Å². The van der Waals surface area contributed by atoms with Gasteiger partial charge in [-0.2, -0.15) is 26.3 Å². The number of aryl methyl sites for hydroxylation is 1. The van der Waals surface area contributed by atoms with E-state index >= 15 is 8.78 Å². The van der Waals surface area contributed by atoms with Crippen molar-refractivity contribution >= 4 is 45.8 Å². The first-order chi connectivity index (χ1) is 16.5. The van der Waals surface area contributed by atoms with Crippen molar-refractivity contribution in [1.82, 2.24) is 0 Å². The van der Waals surface area contributed by atoms with Crippen molar-refractivity contribution in [2.75, 3.05) is 0 Å². The number of allylic oxidation sites excluding steroid dienone is 2. The summed E-state index contributed by atoms with van der Waals surface area (Å²) in [7, 11) is 0. The molecule has 3 rings (SSSR count). The van der Waals surface area contributed by atoms with Gasteiger partial charge in [-0.15, -0.1) is 22.7 Å². The molecule has 2 aromatic rings. The fourth-order valence-electron chi connectivity index (χ4n) is 3.42. The summed E-state index contributed by atoms with van der Waals surface area (Å²) in [5.74, 6) is -17.6. The summed E-state index contributed by atoms with van der Waals surface area (Å²) in [6.07, 6.45) is 0. The van der Waals surface area contributed by atoms with Gasteiger partial charge in [-0.3, -0.25) is 0 Å². The molecule has 36 heavy (non-hydrogen) atoms. The highest BCUT2D eigenvalue weighted by Crippen LogP contribution is 2.65. The highest BCUT2D eigenvalue weighted by Gasteiger charge is 2.80. The topological polar surface area (TPSA) is 52.6 Å². The molecular formula is C24H20F6O4S2. The van der Waals surface area contributed by atoms with E-state index in [1.807, 2.05) is 0 Å². The van der Waals surface area contributed by atoms with Crippen LogP contribution in [-0.4, -0.2) is 29.7 Å². The molecule has 0 bridgehead atoms. The Morgan fingerprint density at radius 2 is 1.36 bits per heavy atom. The lowest BCUT2D eigenvalue weighted by Gasteiger charge is -2.25. The van der Waals surface area contributed by atoms with Crippen LogP contribution in [0.3, 0.4) is 0 Å². The van der Waals surface area contributed by atoms with E-state index in [0.29, 0.717) is 0 Å². The van der Waals surface area contributed by atoms with Gasteiger partial charge in [0, 0.05) is 36.9 Å². The third-order valence-electron chi connectivity index (χ3n) is 5.24. The van der Waals surface area contributed by atoms with Crippen molar-refractivity contribution in [1.29, 1.82) is 0 Å². The van der Waals surface area contributed by atoms with Crippen LogP contribution in [0.25, 0.3) is 11.1 Å². The van der Waals surface area contributed by atoms with Gasteiger partial charge in [0.1, 0.15) is 13.2 Å². The Balaban J connectivity index is 2.10. The zero-order chi connectivity index (χ0) is 27.2. The molecule has 0 unspecified atom stereocenters. The molecule has 0 atom stereocenters. The van der Waals surface area contributed by atoms with E-state index in [1.165, 1.54) is 20.8 Å². The molecule has 0 saturated heterocycles. The maximum atomic E-state index is 15.0. The summed E-state index contributed by atoms with van der Waals surface area (Å²) in [5.41, 5.74) is -3.91. The van der Waals surface area contributed by atoms with Gasteiger partial charge in [-0.1, -0.05) is 13.2 Å². The SMILES string of the molecule is C=C(C)C(=O)OCc1cc(C2=C(c3cc(COC(=O)C(=C)C)sc3C)C(F)(F)C(F)(F)C2(F)F)cs1. The molecule has 194 valence electrons. The number of carbonyl (C=O) groups is 2. The van der Waals surface area contributed by atoms with Crippen LogP contribution >= 0.6 is 22.7 Å². The average Bonchev–Trinajstić information content (AvgIpc) is 3.41. The van der Waals surface area contributed by atoms with E-state index in [4.69, 9.17) is 9.47 Å². The number of hydrogen-bond acceptors (Lipinski definition) is 6. The maximum Gasteiger partial charge on any atom is 0.380 e. The molecule has 4 nitrogen and oxygen atoms in total. The monoisotopic (exact) mass is 550 g/mol. The maximum absolute atomic E-state index is 15.0. The van der Waals surface area contributed by atoms with Crippen molar-refractivity contribution in [3.8, 4) is 0 Å². The van der Waals surface area contributed by atoms with Crippen molar-refractivity contribution in [2.45, 2.75) is 51.8 Å². The molecule has 0 aliphatic heterocycles. The predicted octanol–water partition coefficient (Wildman–Crippen LogP) is 7.19. The molecule has 1 aliphatic carbocycles. The highest BCUT2D eigenvalue weighted by molar-refractivity contribution is 7.12. The molecule has 1 aliphatic rings. The normalized spacial score (nSPS) is 17.7. The highest BCUT2D eigenvalue weighted by atomic mass is 32.1. The van der Waals surface area contributed by atoms with E-state index in [1.54, 1.807) is 0 Å². The zero-order valence-corrected chi connectivity index (χ0v) is 20.9. The van der Waals surface area contributed by atoms with E-state index in [0.717, 1.165) is 40.2 Å². The number of esters is 2. The van der Waals surface area contributed by atoms with Gasteiger partial charge < -0.3 is 9.47 Å². The van der Waals surface area contributed by atoms with Gasteiger partial charge in [-0.25, -0.2) is 9.59 Å². The Morgan fingerprint density at radius 1 is 0.861 bits per heavy atom. The third kappa shape index (κ3) is 4.63. The third-order valence-corrected chi connectivity index (χ3v) is 7.17. The summed E-state index contributed by atoms with van der Waals surface area (Å²) in [6.45, 7) is 10.1. The van der Waals surface area contributed by atoms with Crippen molar-refractivity contribution < 1.29 is 45.4 Å². The molecule has 0 amide bonds. The van der Waals surface area contributed by atoms with Crippen molar-refractivity contribution in [3.05, 3.63) is 67.6 Å². The molecular weight excluding hydrogens is 530 g/mol. The standard InChI is InChI=1S/C24H20F6O4S2/c1-11(2)20(31)33-8-15-6-14(10-35-15)18-19(23(27,28)24(29,30)22(18,25)26)17-7-16(36-13(17)5)9-34-21(32)12(3)4/h6-7,10H,1,3,8-9H2,2,4-5H3. The van der Waals surface area contributed by atoms with E-state index < -0.39 is 52.0 Å². The second-order valence-corrected chi connectivity index (χ2v) is 10.5. The number of ether oxygens (including phenoxy) is 2. The fraction of sp³-hybridized carbons (Fsp3) is 0.333. The Labute approximate surface area is 210 Å². The lowest BCUT2D eigenvalue weighted by molar-refractivity contribution is -0.254. The summed E-state index contributed by atoms with van der Waals surface area (Å²) in [5, 5.41) is 1.03. The molecule has 2 heterocycles. The van der Waals surface area contributed by atoms with Gasteiger partial charge in [-0.05, 0) is 49.4 Å². The first kappa shape index (κ1) is 27.7. The van der Waals surface area contributed by atoms with Crippen LogP contribution < -0.4 is 0 Å². The summed E-state index contributed by atoms with van der Waals surface area (Å²) < 4.78 is 98.8. The predicted molar refractivity (Wildman–Crippen MR) is 124 cm³/mol. The molecule has 0 spiro atoms. The average molecular weight is 551 g/mol. The van der Waals surface area contributed by atoms with E-state index in [-0.39, 0.29) is 39.0 Å². The van der Waals surface area contributed by atoms with Gasteiger partial charge >= 0.3 is 29.7 Å². The second-order valence-electron chi connectivity index (χ2n) is 8.17. The number of hydrogen-bond donors (Lipinski definition) is 0. The van der Waals surface area contributed by atoms with Gasteiger partial charge in [0.25, 0.3) is 0 Å². The summed E-state index contributed by atoms with van der Waals surface area (Å²) >= 11 is 1.63. The molecule has 2 aromatic heterocycles. The molecule has 12 heteroatoms. The van der Waals surface area contributed by atoms with Gasteiger partial charge in [0.15, 0.2) is 0 Å². The van der Waals surface area contributed by atoms with Crippen LogP contribution in [0.4, 0.5) is 26.3 Å². The Kier molecular flexibility index (Phi) is 7.35. The Hall–Kier alpha value is -2.86. The molecule has 0 fully saturated rings. The van der Waals surface area contributed by atoms with Crippen LogP contribution in [0.15, 0.2) is 41.8 Å². The number of rotatable bonds is 8. The van der Waals surface area contributed by atoms with E-state index in [9.17, 15) is 27.2 Å². The minimum atomic E-state index is -5.71. The molecule has 0 N–H and O–H groups in total. The van der Waals surface area contributed by atoms with Crippen LogP contribution in [0.1, 0.15) is 39.6 Å². The molecule has 0 saturated carbocycles. The van der Waals surface area contributed by atoms with Crippen LogP contribution in [0.2, 0.25) is 0 Å². The largest absolute Gasteiger partial charge is 0.457 e. The fourth-order valence-corrected chi connectivity index (χ4v) is 5.17. The summed E-state index contributed by atoms with van der Waals surface area (Å²) in [6, 6.07) is 2.04. The van der Waals surface area contributed by atoms with Crippen LogP contribution in [0, 0.1) is 6.92 Å². The first-order valence-electron chi connectivity index (χ1n) is 10.2. The quantitative estimate of drug-likeness (QED) is 0.198. The van der Waals surface area contributed by atoms with Crippen LogP contribution in [0.5, 0.6) is 0 Å². The molecule has 0 aromatic carbocycles. The van der Waals surface area contributed by atoms with Gasteiger partial charge in [0.2, 0.25) is 0 Å². The zero-order valence-electron chi connectivity index (χ0n) is 19.3. The second kappa shape index (κ2) is 9.55. The van der Waals surface area contributed by atoms with E-state index in [2.05, 4.69) is 13.2 Å². The van der Waals surface area contributed by atoms with Crippen LogP contribution in [-0.2, 0) is 32.3 Å². The Morgan fingerprint density at radius 3 is 1.89 bits per heavy atom. The lowest BCUT2D eigenvalue weighted by atomic mass is 9.96.